The molecule has 2 aliphatic rings. The predicted octanol–water partition coefficient (Wildman–Crippen LogP) is 3.28. The molecule has 1 fully saturated rings. The van der Waals surface area contributed by atoms with Gasteiger partial charge in [0.05, 0.1) is 0 Å². The molecule has 0 spiro atoms. The van der Waals surface area contributed by atoms with Crippen LogP contribution in [0.1, 0.15) is 42.4 Å². The van der Waals surface area contributed by atoms with Gasteiger partial charge in [-0.3, -0.25) is 0 Å². The maximum atomic E-state index is 6.25. The molecule has 0 atom stereocenters. The van der Waals surface area contributed by atoms with E-state index in [4.69, 9.17) is 5.73 Å². The third-order valence-corrected chi connectivity index (χ3v) is 4.48. The Morgan fingerprint density at radius 2 is 1.87 bits per heavy atom. The van der Waals surface area contributed by atoms with Crippen LogP contribution in [0.15, 0.2) is 16.6 Å². The Hall–Kier alpha value is -0.340. The third kappa shape index (κ3) is 1.64. The van der Waals surface area contributed by atoms with Gasteiger partial charge in [-0.15, -0.1) is 0 Å². The van der Waals surface area contributed by atoms with E-state index in [0.717, 1.165) is 12.8 Å². The Kier molecular flexibility index (Phi) is 2.18. The topological polar surface area (TPSA) is 26.0 Å². The molecule has 1 saturated carbocycles. The van der Waals surface area contributed by atoms with Crippen LogP contribution in [0.5, 0.6) is 0 Å². The van der Waals surface area contributed by atoms with E-state index >= 15 is 0 Å². The van der Waals surface area contributed by atoms with Crippen molar-refractivity contribution in [3.8, 4) is 0 Å². The fraction of sp³-hybridized carbons (Fsp3) is 0.538. The van der Waals surface area contributed by atoms with Gasteiger partial charge in [0, 0.05) is 10.0 Å². The molecule has 0 saturated heterocycles. The number of halogens is 1. The Labute approximate surface area is 99.2 Å². The maximum absolute atomic E-state index is 6.25. The summed E-state index contributed by atoms with van der Waals surface area (Å²) in [6.07, 6.45) is 7.43. The van der Waals surface area contributed by atoms with Gasteiger partial charge in [-0.25, -0.2) is 0 Å². The summed E-state index contributed by atoms with van der Waals surface area (Å²) >= 11 is 3.70. The van der Waals surface area contributed by atoms with Crippen LogP contribution in [0.2, 0.25) is 0 Å². The highest BCUT2D eigenvalue weighted by atomic mass is 79.9. The van der Waals surface area contributed by atoms with Gasteiger partial charge >= 0.3 is 0 Å². The second-order valence-electron chi connectivity index (χ2n) is 4.96. The lowest BCUT2D eigenvalue weighted by Crippen LogP contribution is -2.19. The summed E-state index contributed by atoms with van der Waals surface area (Å²) in [5.41, 5.74) is 10.7. The van der Waals surface area contributed by atoms with Crippen molar-refractivity contribution in [2.45, 2.75) is 44.1 Å². The van der Waals surface area contributed by atoms with Crippen molar-refractivity contribution < 1.29 is 0 Å². The standard InChI is InChI=1S/C13H16BrN/c14-12-8-10(13(15)5-6-13)7-9-3-1-2-4-11(9)12/h7-8H,1-6,15H2. The van der Waals surface area contributed by atoms with Gasteiger partial charge in [0.15, 0.2) is 0 Å². The van der Waals surface area contributed by atoms with Crippen LogP contribution in [0.3, 0.4) is 0 Å². The zero-order valence-corrected chi connectivity index (χ0v) is 10.4. The molecule has 0 aromatic heterocycles. The summed E-state index contributed by atoms with van der Waals surface area (Å²) < 4.78 is 1.28. The molecular formula is C13H16BrN. The highest BCUT2D eigenvalue weighted by molar-refractivity contribution is 9.10. The first-order valence-electron chi connectivity index (χ1n) is 5.80. The van der Waals surface area contributed by atoms with E-state index in [1.807, 2.05) is 0 Å². The van der Waals surface area contributed by atoms with Crippen LogP contribution in [0, 0.1) is 0 Å². The van der Waals surface area contributed by atoms with E-state index in [0.29, 0.717) is 0 Å². The van der Waals surface area contributed by atoms with Gasteiger partial charge in [-0.1, -0.05) is 22.0 Å². The van der Waals surface area contributed by atoms with Crippen LogP contribution in [-0.4, -0.2) is 0 Å². The molecule has 2 heteroatoms. The van der Waals surface area contributed by atoms with Crippen molar-refractivity contribution in [3.05, 3.63) is 33.3 Å². The smallest absolute Gasteiger partial charge is 0.0411 e. The minimum Gasteiger partial charge on any atom is -0.321 e. The molecular weight excluding hydrogens is 250 g/mol. The van der Waals surface area contributed by atoms with E-state index in [1.165, 1.54) is 46.8 Å². The molecule has 2 N–H and O–H groups in total. The highest BCUT2D eigenvalue weighted by Crippen LogP contribution is 2.45. The molecule has 0 heterocycles. The first kappa shape index (κ1) is 9.86. The van der Waals surface area contributed by atoms with E-state index in [1.54, 1.807) is 0 Å². The lowest BCUT2D eigenvalue weighted by molar-refractivity contribution is 0.673. The molecule has 1 nitrogen and oxygen atoms in total. The number of aryl methyl sites for hydroxylation is 1. The second-order valence-corrected chi connectivity index (χ2v) is 5.81. The van der Waals surface area contributed by atoms with Gasteiger partial charge < -0.3 is 5.73 Å². The molecule has 1 aromatic rings. The minimum atomic E-state index is 0.00893. The highest BCUT2D eigenvalue weighted by Gasteiger charge is 2.40. The first-order chi connectivity index (χ1) is 7.19. The van der Waals surface area contributed by atoms with E-state index in [2.05, 4.69) is 28.1 Å². The normalized spacial score (nSPS) is 22.3. The van der Waals surface area contributed by atoms with Crippen LogP contribution in [0.4, 0.5) is 0 Å². The lowest BCUT2D eigenvalue weighted by Gasteiger charge is -2.20. The van der Waals surface area contributed by atoms with Crippen LogP contribution in [0.25, 0.3) is 0 Å². The van der Waals surface area contributed by atoms with Gasteiger partial charge in [0.25, 0.3) is 0 Å². The number of fused-ring (bicyclic) bond motifs is 1. The summed E-state index contributed by atoms with van der Waals surface area (Å²) in [4.78, 5) is 0. The zero-order chi connectivity index (χ0) is 10.5. The largest absolute Gasteiger partial charge is 0.321 e. The zero-order valence-electron chi connectivity index (χ0n) is 8.85. The molecule has 2 aliphatic carbocycles. The molecule has 0 aliphatic heterocycles. The summed E-state index contributed by atoms with van der Waals surface area (Å²) in [6, 6.07) is 4.60. The van der Waals surface area contributed by atoms with Gasteiger partial charge in [0.1, 0.15) is 0 Å². The van der Waals surface area contributed by atoms with Crippen LogP contribution >= 0.6 is 15.9 Å². The summed E-state index contributed by atoms with van der Waals surface area (Å²) in [7, 11) is 0. The number of nitrogens with two attached hydrogens (primary N) is 1. The average molecular weight is 266 g/mol. The van der Waals surface area contributed by atoms with E-state index < -0.39 is 0 Å². The maximum Gasteiger partial charge on any atom is 0.0411 e. The molecule has 0 amide bonds. The minimum absolute atomic E-state index is 0.00893. The summed E-state index contributed by atoms with van der Waals surface area (Å²) in [5, 5.41) is 0. The second kappa shape index (κ2) is 3.33. The van der Waals surface area contributed by atoms with Crippen molar-refractivity contribution in [3.63, 3.8) is 0 Å². The average Bonchev–Trinajstić information content (AvgIpc) is 2.98. The Morgan fingerprint density at radius 1 is 1.13 bits per heavy atom. The molecule has 1 aromatic carbocycles. The summed E-state index contributed by atoms with van der Waals surface area (Å²) in [6.45, 7) is 0. The van der Waals surface area contributed by atoms with Gasteiger partial charge in [-0.2, -0.15) is 0 Å². The van der Waals surface area contributed by atoms with E-state index in [-0.39, 0.29) is 5.54 Å². The molecule has 15 heavy (non-hydrogen) atoms. The number of benzene rings is 1. The monoisotopic (exact) mass is 265 g/mol. The molecule has 0 radical (unpaired) electrons. The Balaban J connectivity index is 2.08. The van der Waals surface area contributed by atoms with Crippen molar-refractivity contribution in [2.24, 2.45) is 5.73 Å². The number of hydrogen-bond acceptors (Lipinski definition) is 1. The number of hydrogen-bond donors (Lipinski definition) is 1. The number of rotatable bonds is 1. The quantitative estimate of drug-likeness (QED) is 0.829. The fourth-order valence-electron chi connectivity index (χ4n) is 2.52. The van der Waals surface area contributed by atoms with Crippen molar-refractivity contribution in [1.82, 2.24) is 0 Å². The van der Waals surface area contributed by atoms with Crippen LogP contribution < -0.4 is 5.73 Å². The van der Waals surface area contributed by atoms with Crippen LogP contribution in [-0.2, 0) is 18.4 Å². The molecule has 3 rings (SSSR count). The molecule has 0 unspecified atom stereocenters. The van der Waals surface area contributed by atoms with E-state index in [9.17, 15) is 0 Å². The predicted molar refractivity (Wildman–Crippen MR) is 65.9 cm³/mol. The van der Waals surface area contributed by atoms with Crippen molar-refractivity contribution in [1.29, 1.82) is 0 Å². The first-order valence-corrected chi connectivity index (χ1v) is 6.59. The third-order valence-electron chi connectivity index (χ3n) is 3.77. The van der Waals surface area contributed by atoms with Crippen molar-refractivity contribution in [2.75, 3.05) is 0 Å². The molecule has 0 bridgehead atoms. The lowest BCUT2D eigenvalue weighted by atomic mass is 9.89. The SMILES string of the molecule is NC1(c2cc(Br)c3c(c2)CCCC3)CC1. The van der Waals surface area contributed by atoms with Crippen molar-refractivity contribution >= 4 is 15.9 Å². The fourth-order valence-corrected chi connectivity index (χ4v) is 3.22. The Morgan fingerprint density at radius 3 is 2.60 bits per heavy atom. The molecule has 80 valence electrons. The Bertz CT molecular complexity index is 407. The van der Waals surface area contributed by atoms with Gasteiger partial charge in [0.2, 0.25) is 0 Å². The van der Waals surface area contributed by atoms with Gasteiger partial charge in [-0.05, 0) is 61.3 Å². The summed E-state index contributed by atoms with van der Waals surface area (Å²) in [5.74, 6) is 0.